The van der Waals surface area contributed by atoms with E-state index in [4.69, 9.17) is 32.7 Å². The first-order valence-corrected chi connectivity index (χ1v) is 13.9. The smallest absolute Gasteiger partial charge is 0.175 e. The molecule has 2 aromatic carbocycles. The van der Waals surface area contributed by atoms with E-state index in [2.05, 4.69) is 47.2 Å². The lowest BCUT2D eigenvalue weighted by molar-refractivity contribution is -0.118. The lowest BCUT2D eigenvalue weighted by Crippen LogP contribution is -2.63. The Morgan fingerprint density at radius 2 is 1.68 bits per heavy atom. The van der Waals surface area contributed by atoms with Crippen molar-refractivity contribution in [2.24, 2.45) is 16.7 Å². The second kappa shape index (κ2) is 9.18. The zero-order chi connectivity index (χ0) is 24.1. The third-order valence-corrected chi connectivity index (χ3v) is 9.38. The minimum atomic E-state index is 0.261. The zero-order valence-corrected chi connectivity index (χ0v) is 23.4. The van der Waals surface area contributed by atoms with E-state index in [1.807, 2.05) is 25.1 Å². The molecule has 0 heterocycles. The molecule has 0 spiro atoms. The summed E-state index contributed by atoms with van der Waals surface area (Å²) in [5, 5.41) is 5.23. The SMILES string of the molecule is CCOc1cc(CNC23CC4CC(C)(CC(C)(C4)C2)C3)cc(Br)c1OCc1c(Cl)cccc1Cl. The van der Waals surface area contributed by atoms with Crippen LogP contribution in [0.25, 0.3) is 0 Å². The Hall–Kier alpha value is -0.940. The van der Waals surface area contributed by atoms with Gasteiger partial charge in [0.2, 0.25) is 0 Å². The summed E-state index contributed by atoms with van der Waals surface area (Å²) in [6, 6.07) is 9.73. The number of rotatable bonds is 8. The Morgan fingerprint density at radius 3 is 2.29 bits per heavy atom. The van der Waals surface area contributed by atoms with Crippen molar-refractivity contribution in [1.29, 1.82) is 0 Å². The highest BCUT2D eigenvalue weighted by Crippen LogP contribution is 2.66. The van der Waals surface area contributed by atoms with Crippen molar-refractivity contribution in [3.8, 4) is 11.5 Å². The standard InChI is InChI=1S/C28H34BrCl2NO2/c1-4-33-24-9-18(8-21(29)25(24)34-14-20-22(30)6-5-7-23(20)31)13-32-28-12-19-10-26(2,16-28)15-27(3,11-19)17-28/h5-9,19,32H,4,10-17H2,1-3H3. The van der Waals surface area contributed by atoms with Crippen molar-refractivity contribution in [2.45, 2.75) is 78.0 Å². The van der Waals surface area contributed by atoms with Gasteiger partial charge in [0.15, 0.2) is 11.5 Å². The van der Waals surface area contributed by atoms with E-state index in [1.54, 1.807) is 0 Å². The summed E-state index contributed by atoms with van der Waals surface area (Å²) in [6.07, 6.45) is 8.12. The van der Waals surface area contributed by atoms with Gasteiger partial charge in [0.05, 0.1) is 11.1 Å². The minimum absolute atomic E-state index is 0.261. The van der Waals surface area contributed by atoms with E-state index < -0.39 is 0 Å². The Labute approximate surface area is 222 Å². The molecule has 34 heavy (non-hydrogen) atoms. The molecule has 3 nitrogen and oxygen atoms in total. The molecule has 4 aliphatic carbocycles. The highest BCUT2D eigenvalue weighted by molar-refractivity contribution is 9.10. The van der Waals surface area contributed by atoms with Gasteiger partial charge < -0.3 is 14.8 Å². The van der Waals surface area contributed by atoms with Crippen LogP contribution in [0.1, 0.15) is 70.4 Å². The molecule has 2 aromatic rings. The summed E-state index contributed by atoms with van der Waals surface area (Å²) in [4.78, 5) is 0. The number of hydrogen-bond acceptors (Lipinski definition) is 3. The largest absolute Gasteiger partial charge is 0.490 e. The van der Waals surface area contributed by atoms with Gasteiger partial charge in [-0.15, -0.1) is 0 Å². The van der Waals surface area contributed by atoms with Crippen molar-refractivity contribution in [3.05, 3.63) is 56.0 Å². The van der Waals surface area contributed by atoms with E-state index in [-0.39, 0.29) is 12.1 Å². The van der Waals surface area contributed by atoms with E-state index >= 15 is 0 Å². The molecule has 2 unspecified atom stereocenters. The third-order valence-electron chi connectivity index (χ3n) is 8.09. The van der Waals surface area contributed by atoms with Crippen LogP contribution in [0.5, 0.6) is 11.5 Å². The zero-order valence-electron chi connectivity index (χ0n) is 20.3. The maximum Gasteiger partial charge on any atom is 0.175 e. The molecule has 4 saturated carbocycles. The van der Waals surface area contributed by atoms with Gasteiger partial charge in [-0.3, -0.25) is 0 Å². The fourth-order valence-electron chi connectivity index (χ4n) is 7.88. The number of nitrogens with one attached hydrogen (secondary N) is 1. The van der Waals surface area contributed by atoms with Gasteiger partial charge in [0, 0.05) is 27.7 Å². The number of halogens is 3. The Bertz CT molecular complexity index is 1050. The fourth-order valence-corrected chi connectivity index (χ4v) is 8.99. The van der Waals surface area contributed by atoms with Crippen molar-refractivity contribution in [2.75, 3.05) is 6.61 Å². The summed E-state index contributed by atoms with van der Waals surface area (Å²) >= 11 is 16.4. The predicted molar refractivity (Wildman–Crippen MR) is 143 cm³/mol. The summed E-state index contributed by atoms with van der Waals surface area (Å²) in [5.41, 5.74) is 3.22. The predicted octanol–water partition coefficient (Wildman–Crippen LogP) is 8.57. The normalized spacial score (nSPS) is 31.6. The van der Waals surface area contributed by atoms with Crippen molar-refractivity contribution < 1.29 is 9.47 Å². The maximum absolute atomic E-state index is 6.34. The molecule has 1 N–H and O–H groups in total. The van der Waals surface area contributed by atoms with Crippen LogP contribution in [-0.2, 0) is 13.2 Å². The van der Waals surface area contributed by atoms with Crippen LogP contribution >= 0.6 is 39.1 Å². The molecule has 4 fully saturated rings. The van der Waals surface area contributed by atoms with Gasteiger partial charge in [-0.1, -0.05) is 43.1 Å². The first-order chi connectivity index (χ1) is 16.1. The average molecular weight is 567 g/mol. The molecule has 0 radical (unpaired) electrons. The van der Waals surface area contributed by atoms with Gasteiger partial charge in [-0.05, 0) is 108 Å². The van der Waals surface area contributed by atoms with E-state index in [0.29, 0.717) is 33.2 Å². The molecule has 6 heteroatoms. The Morgan fingerprint density at radius 1 is 1.00 bits per heavy atom. The molecule has 0 amide bonds. The van der Waals surface area contributed by atoms with Gasteiger partial charge in [-0.25, -0.2) is 0 Å². The van der Waals surface area contributed by atoms with Crippen LogP contribution in [0.2, 0.25) is 10.0 Å². The molecular formula is C28H34BrCl2NO2. The number of ether oxygens (including phenoxy) is 2. The summed E-state index contributed by atoms with van der Waals surface area (Å²) in [6.45, 7) is 8.70. The molecule has 0 aromatic heterocycles. The Kier molecular flexibility index (Phi) is 6.68. The lowest BCUT2D eigenvalue weighted by Gasteiger charge is -2.65. The highest BCUT2D eigenvalue weighted by atomic mass is 79.9. The molecule has 6 rings (SSSR count). The number of hydrogen-bond donors (Lipinski definition) is 1. The minimum Gasteiger partial charge on any atom is -0.490 e. The van der Waals surface area contributed by atoms with Crippen molar-refractivity contribution in [3.63, 3.8) is 0 Å². The highest BCUT2D eigenvalue weighted by Gasteiger charge is 2.59. The summed E-state index contributed by atoms with van der Waals surface area (Å²) in [7, 11) is 0. The van der Waals surface area contributed by atoms with Crippen LogP contribution in [0, 0.1) is 16.7 Å². The van der Waals surface area contributed by atoms with Gasteiger partial charge in [-0.2, -0.15) is 0 Å². The topological polar surface area (TPSA) is 30.5 Å². The molecule has 2 atom stereocenters. The van der Waals surface area contributed by atoms with Crippen molar-refractivity contribution >= 4 is 39.1 Å². The molecule has 0 aliphatic heterocycles. The second-order valence-corrected chi connectivity index (χ2v) is 13.3. The lowest BCUT2D eigenvalue weighted by atomic mass is 9.43. The third kappa shape index (κ3) is 4.85. The average Bonchev–Trinajstić information content (AvgIpc) is 2.71. The fraction of sp³-hybridized carbons (Fsp3) is 0.571. The van der Waals surface area contributed by atoms with Crippen LogP contribution < -0.4 is 14.8 Å². The molecule has 184 valence electrons. The van der Waals surface area contributed by atoms with Crippen LogP contribution in [-0.4, -0.2) is 12.1 Å². The van der Waals surface area contributed by atoms with Gasteiger partial charge in [0.25, 0.3) is 0 Å². The van der Waals surface area contributed by atoms with Gasteiger partial charge in [0.1, 0.15) is 6.61 Å². The van der Waals surface area contributed by atoms with E-state index in [9.17, 15) is 0 Å². The molecule has 0 saturated heterocycles. The second-order valence-electron chi connectivity index (χ2n) is 11.6. The van der Waals surface area contributed by atoms with Gasteiger partial charge >= 0.3 is 0 Å². The summed E-state index contributed by atoms with van der Waals surface area (Å²) in [5.74, 6) is 2.29. The van der Waals surface area contributed by atoms with Crippen LogP contribution in [0.15, 0.2) is 34.8 Å². The molecular weight excluding hydrogens is 533 g/mol. The maximum atomic E-state index is 6.34. The Balaban J connectivity index is 1.33. The van der Waals surface area contributed by atoms with Crippen LogP contribution in [0.4, 0.5) is 0 Å². The first kappa shape index (κ1) is 24.7. The van der Waals surface area contributed by atoms with E-state index in [0.717, 1.165) is 28.2 Å². The van der Waals surface area contributed by atoms with Crippen LogP contribution in [0.3, 0.4) is 0 Å². The first-order valence-electron chi connectivity index (χ1n) is 12.4. The quantitative estimate of drug-likeness (QED) is 0.347. The summed E-state index contributed by atoms with van der Waals surface area (Å²) < 4.78 is 13.0. The van der Waals surface area contributed by atoms with E-state index in [1.165, 1.54) is 44.1 Å². The van der Waals surface area contributed by atoms with Crippen molar-refractivity contribution in [1.82, 2.24) is 5.32 Å². The molecule has 4 aliphatic rings. The molecule has 4 bridgehead atoms. The number of benzene rings is 2. The monoisotopic (exact) mass is 565 g/mol.